The molecule has 2 aromatic carbocycles. The van der Waals surface area contributed by atoms with E-state index in [0.717, 1.165) is 57.3 Å². The Morgan fingerprint density at radius 3 is 2.10 bits per heavy atom. The molecule has 2 aliphatic rings. The maximum absolute atomic E-state index is 13.2. The summed E-state index contributed by atoms with van der Waals surface area (Å²) >= 11 is 0. The molecule has 2 aromatic rings. The largest absolute Gasteiger partial charge is 0.351 e. The number of benzene rings is 2. The normalized spacial score (nSPS) is 21.0. The molecule has 2 aliphatic heterocycles. The minimum Gasteiger partial charge on any atom is -0.351 e. The molecule has 164 valence electrons. The fourth-order valence-corrected chi connectivity index (χ4v) is 4.71. The molecule has 1 N–H and O–H groups in total. The van der Waals surface area contributed by atoms with Crippen LogP contribution in [-0.2, 0) is 22.7 Å². The highest BCUT2D eigenvalue weighted by molar-refractivity contribution is 5.88. The third kappa shape index (κ3) is 5.95. The molecule has 0 saturated carbocycles. The van der Waals surface area contributed by atoms with Gasteiger partial charge < -0.3 is 10.2 Å². The quantitative estimate of drug-likeness (QED) is 0.776. The Hall–Kier alpha value is -2.66. The number of carbonyl (C=O) groups is 2. The number of hydrogen-bond donors (Lipinski definition) is 1. The van der Waals surface area contributed by atoms with Crippen LogP contribution in [0.1, 0.15) is 49.7 Å². The average molecular weight is 420 g/mol. The van der Waals surface area contributed by atoms with Gasteiger partial charge in [0.2, 0.25) is 11.8 Å². The number of nitrogens with zero attached hydrogens (tertiary/aromatic N) is 2. The van der Waals surface area contributed by atoms with Gasteiger partial charge in [0, 0.05) is 38.6 Å². The van der Waals surface area contributed by atoms with Gasteiger partial charge in [-0.2, -0.15) is 0 Å². The van der Waals surface area contributed by atoms with Crippen molar-refractivity contribution in [2.24, 2.45) is 0 Å². The number of carbonyl (C=O) groups excluding carboxylic acids is 2. The number of rotatable bonds is 6. The Kier molecular flexibility index (Phi) is 7.36. The van der Waals surface area contributed by atoms with Crippen molar-refractivity contribution in [2.45, 2.75) is 63.7 Å². The maximum atomic E-state index is 13.2. The highest BCUT2D eigenvalue weighted by Crippen LogP contribution is 2.22. The Bertz CT molecular complexity index is 847. The second-order valence-corrected chi connectivity index (χ2v) is 8.81. The van der Waals surface area contributed by atoms with Gasteiger partial charge in [-0.25, -0.2) is 0 Å². The molecule has 1 atom stereocenters. The lowest BCUT2D eigenvalue weighted by Crippen LogP contribution is -2.52. The summed E-state index contributed by atoms with van der Waals surface area (Å²) in [5, 5.41) is 3.28. The first-order chi connectivity index (χ1) is 15.2. The van der Waals surface area contributed by atoms with Crippen molar-refractivity contribution in [3.8, 4) is 0 Å². The van der Waals surface area contributed by atoms with E-state index in [0.29, 0.717) is 13.0 Å². The predicted molar refractivity (Wildman–Crippen MR) is 122 cm³/mol. The van der Waals surface area contributed by atoms with Crippen LogP contribution in [0.25, 0.3) is 0 Å². The van der Waals surface area contributed by atoms with Crippen molar-refractivity contribution in [1.82, 2.24) is 15.1 Å². The first-order valence-corrected chi connectivity index (χ1v) is 11.6. The Balaban J connectivity index is 1.33. The zero-order valence-corrected chi connectivity index (χ0v) is 18.2. The van der Waals surface area contributed by atoms with Crippen LogP contribution in [0.5, 0.6) is 0 Å². The molecule has 4 rings (SSSR count). The monoisotopic (exact) mass is 419 g/mol. The topological polar surface area (TPSA) is 52.7 Å². The number of nitrogens with one attached hydrogen (secondary N) is 1. The second kappa shape index (κ2) is 10.6. The van der Waals surface area contributed by atoms with E-state index in [1.54, 1.807) is 0 Å². The van der Waals surface area contributed by atoms with Crippen molar-refractivity contribution in [3.05, 3.63) is 71.8 Å². The van der Waals surface area contributed by atoms with Crippen LogP contribution >= 0.6 is 0 Å². The summed E-state index contributed by atoms with van der Waals surface area (Å²) in [5.74, 6) is 0.117. The van der Waals surface area contributed by atoms with Crippen molar-refractivity contribution in [2.75, 3.05) is 13.1 Å². The third-order valence-electron chi connectivity index (χ3n) is 6.50. The van der Waals surface area contributed by atoms with Gasteiger partial charge >= 0.3 is 0 Å². The summed E-state index contributed by atoms with van der Waals surface area (Å²) in [4.78, 5) is 30.3. The molecule has 0 bridgehead atoms. The van der Waals surface area contributed by atoms with Crippen LogP contribution in [0.4, 0.5) is 0 Å². The van der Waals surface area contributed by atoms with E-state index in [4.69, 9.17) is 0 Å². The molecule has 2 amide bonds. The van der Waals surface area contributed by atoms with Crippen molar-refractivity contribution < 1.29 is 9.59 Å². The van der Waals surface area contributed by atoms with Crippen LogP contribution in [-0.4, -0.2) is 46.8 Å². The molecule has 2 saturated heterocycles. The Labute approximate surface area is 185 Å². The molecule has 0 aliphatic carbocycles. The van der Waals surface area contributed by atoms with Crippen molar-refractivity contribution >= 4 is 11.8 Å². The summed E-state index contributed by atoms with van der Waals surface area (Å²) in [6.45, 7) is 3.44. The maximum Gasteiger partial charge on any atom is 0.243 e. The highest BCUT2D eigenvalue weighted by atomic mass is 16.2. The first-order valence-electron chi connectivity index (χ1n) is 11.6. The Morgan fingerprint density at radius 1 is 0.839 bits per heavy atom. The summed E-state index contributed by atoms with van der Waals surface area (Å²) in [6.07, 6.45) is 4.98. The fraction of sp³-hybridized carbons (Fsp3) is 0.462. The molecule has 0 aromatic heterocycles. The first kappa shape index (κ1) is 21.6. The smallest absolute Gasteiger partial charge is 0.243 e. The molecule has 2 fully saturated rings. The summed E-state index contributed by atoms with van der Waals surface area (Å²) < 4.78 is 0. The van der Waals surface area contributed by atoms with Gasteiger partial charge in [0.05, 0.1) is 0 Å². The van der Waals surface area contributed by atoms with Crippen molar-refractivity contribution in [1.29, 1.82) is 0 Å². The van der Waals surface area contributed by atoms with Crippen LogP contribution in [0.2, 0.25) is 0 Å². The lowest BCUT2D eigenvalue weighted by atomic mass is 10.0. The fourth-order valence-electron chi connectivity index (χ4n) is 4.71. The van der Waals surface area contributed by atoms with Crippen molar-refractivity contribution in [3.63, 3.8) is 0 Å². The van der Waals surface area contributed by atoms with E-state index in [1.165, 1.54) is 5.56 Å². The summed E-state index contributed by atoms with van der Waals surface area (Å²) in [7, 11) is 0. The van der Waals surface area contributed by atoms with Gasteiger partial charge in [0.25, 0.3) is 0 Å². The molecule has 31 heavy (non-hydrogen) atoms. The molecular formula is C26H33N3O2. The second-order valence-electron chi connectivity index (χ2n) is 8.81. The zero-order chi connectivity index (χ0) is 21.5. The van der Waals surface area contributed by atoms with Gasteiger partial charge in [-0.3, -0.25) is 14.5 Å². The van der Waals surface area contributed by atoms with E-state index in [9.17, 15) is 9.59 Å². The Morgan fingerprint density at radius 2 is 1.45 bits per heavy atom. The molecule has 5 heteroatoms. The zero-order valence-electron chi connectivity index (χ0n) is 18.2. The van der Waals surface area contributed by atoms with E-state index in [-0.39, 0.29) is 23.9 Å². The minimum atomic E-state index is -0.363. The van der Waals surface area contributed by atoms with Gasteiger partial charge in [-0.05, 0) is 36.8 Å². The molecular weight excluding hydrogens is 386 g/mol. The predicted octanol–water partition coefficient (Wildman–Crippen LogP) is 3.74. The number of piperidine rings is 1. The lowest BCUT2D eigenvalue weighted by molar-refractivity contribution is -0.141. The molecule has 1 unspecified atom stereocenters. The molecule has 0 spiro atoms. The number of hydrogen-bond acceptors (Lipinski definition) is 3. The van der Waals surface area contributed by atoms with Crippen LogP contribution in [0.3, 0.4) is 0 Å². The standard InChI is InChI=1S/C26H33N3O2/c30-25-14-8-7-13-24(29(25)20-22-11-5-2-6-12-22)26(31)27-23-15-17-28(18-16-23)19-21-9-3-1-4-10-21/h1-6,9-12,23-24H,7-8,13-20H2,(H,27,31). The van der Waals surface area contributed by atoms with Crippen LogP contribution in [0.15, 0.2) is 60.7 Å². The molecule has 2 heterocycles. The highest BCUT2D eigenvalue weighted by Gasteiger charge is 2.33. The lowest BCUT2D eigenvalue weighted by Gasteiger charge is -2.35. The number of likely N-dealkylation sites (tertiary alicyclic amines) is 2. The summed E-state index contributed by atoms with van der Waals surface area (Å²) in [6, 6.07) is 20.4. The SMILES string of the molecule is O=C(NC1CCN(Cc2ccccc2)CC1)C1CCCCC(=O)N1Cc1ccccc1. The summed E-state index contributed by atoms with van der Waals surface area (Å²) in [5.41, 5.74) is 2.41. The minimum absolute atomic E-state index is 0.0210. The number of amides is 2. The average Bonchev–Trinajstić information content (AvgIpc) is 2.98. The van der Waals surface area contributed by atoms with E-state index in [2.05, 4.69) is 34.5 Å². The van der Waals surface area contributed by atoms with Gasteiger partial charge in [0.1, 0.15) is 6.04 Å². The van der Waals surface area contributed by atoms with E-state index < -0.39 is 0 Å². The van der Waals surface area contributed by atoms with E-state index in [1.807, 2.05) is 41.3 Å². The van der Waals surface area contributed by atoms with E-state index >= 15 is 0 Å². The molecule has 5 nitrogen and oxygen atoms in total. The third-order valence-corrected chi connectivity index (χ3v) is 6.50. The van der Waals surface area contributed by atoms with Gasteiger partial charge in [0.15, 0.2) is 0 Å². The van der Waals surface area contributed by atoms with Gasteiger partial charge in [-0.1, -0.05) is 67.1 Å². The van der Waals surface area contributed by atoms with Crippen LogP contribution in [0, 0.1) is 0 Å². The van der Waals surface area contributed by atoms with Gasteiger partial charge in [-0.15, -0.1) is 0 Å². The molecule has 0 radical (unpaired) electrons. The van der Waals surface area contributed by atoms with Crippen LogP contribution < -0.4 is 5.32 Å².